The van der Waals surface area contributed by atoms with Gasteiger partial charge >= 0.3 is 0 Å². The maximum absolute atomic E-state index is 12.1. The summed E-state index contributed by atoms with van der Waals surface area (Å²) in [6.45, 7) is 4.45. The monoisotopic (exact) mass is 329 g/mol. The van der Waals surface area contributed by atoms with Crippen LogP contribution in [0.2, 0.25) is 0 Å². The van der Waals surface area contributed by atoms with Crippen molar-refractivity contribution in [2.45, 2.75) is 76.5 Å². The molecule has 1 aromatic heterocycles. The normalized spacial score (nSPS) is 12.0. The minimum atomic E-state index is -3.41. The predicted octanol–water partition coefficient (Wildman–Crippen LogP) is 3.54. The Balaban J connectivity index is 2.13. The minimum Gasteiger partial charge on any atom is -0.274 e. The van der Waals surface area contributed by atoms with Crippen LogP contribution in [0.1, 0.15) is 70.4 Å². The molecular weight excluding hydrogens is 298 g/mol. The van der Waals surface area contributed by atoms with Crippen LogP contribution in [-0.4, -0.2) is 24.7 Å². The van der Waals surface area contributed by atoms with E-state index in [9.17, 15) is 8.42 Å². The van der Waals surface area contributed by atoms with E-state index in [0.29, 0.717) is 12.2 Å². The Morgan fingerprint density at radius 1 is 1.05 bits per heavy atom. The fourth-order valence-corrected chi connectivity index (χ4v) is 3.85. The number of rotatable bonds is 12. The van der Waals surface area contributed by atoms with Gasteiger partial charge in [0.05, 0.1) is 5.69 Å². The first-order valence-corrected chi connectivity index (χ1v) is 9.95. The highest BCUT2D eigenvalue weighted by atomic mass is 32.2. The Labute approximate surface area is 135 Å². The van der Waals surface area contributed by atoms with Gasteiger partial charge in [0.1, 0.15) is 4.90 Å². The lowest BCUT2D eigenvalue weighted by molar-refractivity contribution is 0.553. The third kappa shape index (κ3) is 6.92. The molecule has 128 valence electrons. The molecular formula is C16H31N3O2S. The molecule has 1 rings (SSSR count). The van der Waals surface area contributed by atoms with Crippen molar-refractivity contribution in [3.63, 3.8) is 0 Å². The molecule has 0 saturated heterocycles. The molecule has 0 spiro atoms. The highest BCUT2D eigenvalue weighted by Gasteiger charge is 2.18. The van der Waals surface area contributed by atoms with Gasteiger partial charge in [-0.15, -0.1) is 0 Å². The first-order chi connectivity index (χ1) is 10.5. The summed E-state index contributed by atoms with van der Waals surface area (Å²) < 4.78 is 28.5. The van der Waals surface area contributed by atoms with E-state index in [1.807, 2.05) is 0 Å². The van der Waals surface area contributed by atoms with Gasteiger partial charge in [0, 0.05) is 19.8 Å². The highest BCUT2D eigenvalue weighted by Crippen LogP contribution is 2.13. The number of nitrogens with zero attached hydrogens (tertiary/aromatic N) is 2. The lowest BCUT2D eigenvalue weighted by Crippen LogP contribution is -2.25. The molecule has 0 aromatic carbocycles. The molecule has 6 heteroatoms. The topological polar surface area (TPSA) is 64.0 Å². The van der Waals surface area contributed by atoms with Crippen LogP contribution in [0.5, 0.6) is 0 Å². The first kappa shape index (κ1) is 19.2. The van der Waals surface area contributed by atoms with Crippen LogP contribution >= 0.6 is 0 Å². The van der Waals surface area contributed by atoms with Gasteiger partial charge in [-0.2, -0.15) is 5.10 Å². The molecule has 0 unspecified atom stereocenters. The Kier molecular flexibility index (Phi) is 8.71. The zero-order valence-electron chi connectivity index (χ0n) is 14.3. The number of unbranched alkanes of at least 4 members (excludes halogenated alkanes) is 8. The van der Waals surface area contributed by atoms with Crippen LogP contribution in [0.3, 0.4) is 0 Å². The van der Waals surface area contributed by atoms with E-state index in [4.69, 9.17) is 0 Å². The zero-order chi connectivity index (χ0) is 16.4. The lowest BCUT2D eigenvalue weighted by Gasteiger charge is -2.05. The smallest absolute Gasteiger partial charge is 0.243 e. The van der Waals surface area contributed by atoms with Crippen LogP contribution < -0.4 is 4.72 Å². The van der Waals surface area contributed by atoms with E-state index in [0.717, 1.165) is 12.8 Å². The maximum atomic E-state index is 12.1. The van der Waals surface area contributed by atoms with Crippen molar-refractivity contribution in [1.82, 2.24) is 14.5 Å². The molecule has 0 aliphatic heterocycles. The van der Waals surface area contributed by atoms with Gasteiger partial charge in [0.25, 0.3) is 0 Å². The summed E-state index contributed by atoms with van der Waals surface area (Å²) in [6, 6.07) is 0. The average molecular weight is 330 g/mol. The molecule has 0 radical (unpaired) electrons. The lowest BCUT2D eigenvalue weighted by atomic mass is 10.1. The second kappa shape index (κ2) is 10.0. The predicted molar refractivity (Wildman–Crippen MR) is 90.4 cm³/mol. The van der Waals surface area contributed by atoms with E-state index in [2.05, 4.69) is 16.7 Å². The summed E-state index contributed by atoms with van der Waals surface area (Å²) in [7, 11) is -1.68. The SMILES string of the molecule is CCCCCCCCCCCNS(=O)(=O)c1cn(C)nc1C. The van der Waals surface area contributed by atoms with E-state index < -0.39 is 10.0 Å². The molecule has 5 nitrogen and oxygen atoms in total. The van der Waals surface area contributed by atoms with Crippen molar-refractivity contribution in [2.75, 3.05) is 6.54 Å². The van der Waals surface area contributed by atoms with Gasteiger partial charge in [-0.25, -0.2) is 13.1 Å². The van der Waals surface area contributed by atoms with Crippen molar-refractivity contribution in [1.29, 1.82) is 0 Å². The molecule has 0 aliphatic carbocycles. The van der Waals surface area contributed by atoms with Crippen LogP contribution in [0.4, 0.5) is 0 Å². The second-order valence-corrected chi connectivity index (χ2v) is 7.71. The van der Waals surface area contributed by atoms with Crippen LogP contribution in [0.15, 0.2) is 11.1 Å². The summed E-state index contributed by atoms with van der Waals surface area (Å²) in [5, 5.41) is 4.07. The van der Waals surface area contributed by atoms with Crippen molar-refractivity contribution in [2.24, 2.45) is 7.05 Å². The molecule has 1 aromatic rings. The van der Waals surface area contributed by atoms with E-state index in [-0.39, 0.29) is 4.90 Å². The summed E-state index contributed by atoms with van der Waals surface area (Å²) in [5.74, 6) is 0. The molecule has 0 saturated carbocycles. The summed E-state index contributed by atoms with van der Waals surface area (Å²) in [5.41, 5.74) is 0.544. The molecule has 0 bridgehead atoms. The number of nitrogens with one attached hydrogen (secondary N) is 1. The number of hydrogen-bond donors (Lipinski definition) is 1. The van der Waals surface area contributed by atoms with Gasteiger partial charge in [-0.05, 0) is 13.3 Å². The molecule has 1 N–H and O–H groups in total. The number of sulfonamides is 1. The van der Waals surface area contributed by atoms with Gasteiger partial charge in [0.2, 0.25) is 10.0 Å². The second-order valence-electron chi connectivity index (χ2n) is 5.98. The van der Waals surface area contributed by atoms with Gasteiger partial charge in [0.15, 0.2) is 0 Å². The molecule has 0 fully saturated rings. The molecule has 0 amide bonds. The third-order valence-electron chi connectivity index (χ3n) is 3.83. The Hall–Kier alpha value is -0.880. The van der Waals surface area contributed by atoms with Gasteiger partial charge in [-0.3, -0.25) is 4.68 Å². The van der Waals surface area contributed by atoms with E-state index in [1.165, 1.54) is 49.6 Å². The summed E-state index contributed by atoms with van der Waals surface area (Å²) in [6.07, 6.45) is 12.6. The van der Waals surface area contributed by atoms with Crippen molar-refractivity contribution in [3.8, 4) is 0 Å². The summed E-state index contributed by atoms with van der Waals surface area (Å²) in [4.78, 5) is 0.283. The number of aromatic nitrogens is 2. The molecule has 1 heterocycles. The highest BCUT2D eigenvalue weighted by molar-refractivity contribution is 7.89. The molecule has 0 aliphatic rings. The fraction of sp³-hybridized carbons (Fsp3) is 0.812. The maximum Gasteiger partial charge on any atom is 0.243 e. The largest absolute Gasteiger partial charge is 0.274 e. The van der Waals surface area contributed by atoms with Crippen molar-refractivity contribution >= 4 is 10.0 Å². The first-order valence-electron chi connectivity index (χ1n) is 8.47. The van der Waals surface area contributed by atoms with Crippen LogP contribution in [0.25, 0.3) is 0 Å². The summed E-state index contributed by atoms with van der Waals surface area (Å²) >= 11 is 0. The molecule has 22 heavy (non-hydrogen) atoms. The van der Waals surface area contributed by atoms with Crippen molar-refractivity contribution < 1.29 is 8.42 Å². The third-order valence-corrected chi connectivity index (χ3v) is 5.39. The standard InChI is InChI=1S/C16H31N3O2S/c1-4-5-6-7-8-9-10-11-12-13-17-22(20,21)16-14-19(3)18-15(16)2/h14,17H,4-13H2,1-3H3. The van der Waals surface area contributed by atoms with Gasteiger partial charge in [-0.1, -0.05) is 58.3 Å². The Morgan fingerprint density at radius 3 is 2.09 bits per heavy atom. The van der Waals surface area contributed by atoms with E-state index in [1.54, 1.807) is 20.2 Å². The van der Waals surface area contributed by atoms with Crippen LogP contribution in [0, 0.1) is 6.92 Å². The number of aryl methyl sites for hydroxylation is 2. The van der Waals surface area contributed by atoms with Crippen molar-refractivity contribution in [3.05, 3.63) is 11.9 Å². The van der Waals surface area contributed by atoms with E-state index >= 15 is 0 Å². The Bertz CT molecular complexity index is 523. The molecule has 0 atom stereocenters. The average Bonchev–Trinajstić information content (AvgIpc) is 2.80. The number of hydrogen-bond acceptors (Lipinski definition) is 3. The zero-order valence-corrected chi connectivity index (χ0v) is 15.1. The fourth-order valence-electron chi connectivity index (χ4n) is 2.56. The minimum absolute atomic E-state index is 0.283. The van der Waals surface area contributed by atoms with Gasteiger partial charge < -0.3 is 0 Å². The Morgan fingerprint density at radius 2 is 1.59 bits per heavy atom. The quantitative estimate of drug-likeness (QED) is 0.597. The van der Waals surface area contributed by atoms with Crippen LogP contribution in [-0.2, 0) is 17.1 Å².